The summed E-state index contributed by atoms with van der Waals surface area (Å²) in [6.07, 6.45) is 1.55. The van der Waals surface area contributed by atoms with Crippen molar-refractivity contribution >= 4 is 72.6 Å². The summed E-state index contributed by atoms with van der Waals surface area (Å²) in [5.74, 6) is 0.808. The average Bonchev–Trinajstić information content (AvgIpc) is 3.54. The lowest BCUT2D eigenvalue weighted by Crippen LogP contribution is -2.17. The second-order valence-corrected chi connectivity index (χ2v) is 12.1. The summed E-state index contributed by atoms with van der Waals surface area (Å²) in [5, 5.41) is 13.2. The lowest BCUT2D eigenvalue weighted by molar-refractivity contribution is 0.0955. The fourth-order valence-corrected chi connectivity index (χ4v) is 5.84. The van der Waals surface area contributed by atoms with E-state index in [1.165, 1.54) is 16.7 Å². The van der Waals surface area contributed by atoms with Gasteiger partial charge in [-0.25, -0.2) is 10.4 Å². The molecule has 6 rings (SSSR count). The molecule has 0 bridgehead atoms. The lowest BCUT2D eigenvalue weighted by atomic mass is 10.1. The van der Waals surface area contributed by atoms with E-state index in [1.807, 2.05) is 60.0 Å². The third-order valence-corrected chi connectivity index (χ3v) is 8.60. The van der Waals surface area contributed by atoms with Crippen LogP contribution in [0.3, 0.4) is 0 Å². The van der Waals surface area contributed by atoms with Gasteiger partial charge >= 0.3 is 0 Å². The number of nitrogens with zero attached hydrogens (tertiary/aromatic N) is 2. The number of rotatable bonds is 10. The largest absolute Gasteiger partial charge is 0.493 e. The molecule has 1 heterocycles. The first-order valence-corrected chi connectivity index (χ1v) is 15.9. The van der Waals surface area contributed by atoms with Crippen molar-refractivity contribution in [2.75, 3.05) is 12.4 Å². The summed E-state index contributed by atoms with van der Waals surface area (Å²) in [6, 6.07) is 32.7. The van der Waals surface area contributed by atoms with E-state index in [2.05, 4.69) is 67.1 Å². The maximum Gasteiger partial charge on any atom is 0.271 e. The Hall–Kier alpha value is -4.70. The Bertz CT molecular complexity index is 2000. The summed E-state index contributed by atoms with van der Waals surface area (Å²) in [7, 11) is 1.58. The van der Waals surface area contributed by atoms with Crippen molar-refractivity contribution in [3.05, 3.63) is 135 Å². The number of methoxy groups -OCH3 is 1. The van der Waals surface area contributed by atoms with E-state index < -0.39 is 0 Å². The molecule has 6 aromatic rings. The molecule has 5 aromatic carbocycles. The number of hydrazone groups is 1. The van der Waals surface area contributed by atoms with Gasteiger partial charge in [-0.05, 0) is 86.9 Å². The smallest absolute Gasteiger partial charge is 0.271 e. The van der Waals surface area contributed by atoms with Gasteiger partial charge in [-0.3, -0.25) is 4.79 Å². The molecule has 1 aromatic heterocycles. The molecule has 0 unspecified atom stereocenters. The van der Waals surface area contributed by atoms with Crippen LogP contribution in [0.1, 0.15) is 21.5 Å². The van der Waals surface area contributed by atoms with Gasteiger partial charge in [0, 0.05) is 37.3 Å². The predicted molar refractivity (Wildman–Crippen MR) is 186 cm³/mol. The number of thiazole rings is 1. The number of aromatic nitrogens is 1. The summed E-state index contributed by atoms with van der Waals surface area (Å²) >= 11 is 11.0. The number of hydrogen-bond acceptors (Lipinski definition) is 7. The first-order valence-electron chi connectivity index (χ1n) is 13.8. The minimum Gasteiger partial charge on any atom is -0.493 e. The number of hydrogen-bond donors (Lipinski definition) is 2. The number of fused-ring (bicyclic) bond motifs is 1. The monoisotopic (exact) mass is 696 g/mol. The average molecular weight is 698 g/mol. The molecular weight excluding hydrogens is 672 g/mol. The number of benzene rings is 5. The van der Waals surface area contributed by atoms with Crippen molar-refractivity contribution in [2.24, 2.45) is 5.10 Å². The molecule has 0 radical (unpaired) electrons. The molecule has 0 atom stereocenters. The Balaban J connectivity index is 1.06. The highest BCUT2D eigenvalue weighted by Gasteiger charge is 2.12. The van der Waals surface area contributed by atoms with E-state index in [0.717, 1.165) is 37.5 Å². The number of anilines is 2. The van der Waals surface area contributed by atoms with Crippen molar-refractivity contribution in [3.8, 4) is 22.8 Å². The maximum atomic E-state index is 12.8. The normalized spacial score (nSPS) is 11.1. The second-order valence-electron chi connectivity index (χ2n) is 9.94. The van der Waals surface area contributed by atoms with Crippen LogP contribution in [-0.2, 0) is 6.61 Å². The fraction of sp³-hybridized carbons (Fsp3) is 0.0571. The molecule has 0 spiro atoms. The predicted octanol–water partition coefficient (Wildman–Crippen LogP) is 9.47. The van der Waals surface area contributed by atoms with E-state index in [4.69, 9.17) is 21.1 Å². The summed E-state index contributed by atoms with van der Waals surface area (Å²) in [5.41, 5.74) is 7.44. The fourth-order valence-electron chi connectivity index (χ4n) is 4.55. The summed E-state index contributed by atoms with van der Waals surface area (Å²) < 4.78 is 12.4. The van der Waals surface area contributed by atoms with Crippen LogP contribution in [0.4, 0.5) is 10.8 Å². The molecule has 45 heavy (non-hydrogen) atoms. The summed E-state index contributed by atoms with van der Waals surface area (Å²) in [4.78, 5) is 17.4. The molecule has 0 aliphatic rings. The molecule has 2 N–H and O–H groups in total. The molecule has 0 aliphatic carbocycles. The van der Waals surface area contributed by atoms with Gasteiger partial charge in [0.2, 0.25) is 0 Å². The Labute approximate surface area is 277 Å². The summed E-state index contributed by atoms with van der Waals surface area (Å²) in [6.45, 7) is 0.389. The lowest BCUT2D eigenvalue weighted by Gasteiger charge is -2.13. The Kier molecular flexibility index (Phi) is 9.40. The van der Waals surface area contributed by atoms with Gasteiger partial charge in [0.1, 0.15) is 6.61 Å². The van der Waals surface area contributed by atoms with Crippen molar-refractivity contribution < 1.29 is 14.3 Å². The molecule has 0 saturated heterocycles. The minimum atomic E-state index is -0.334. The molecule has 1 amide bonds. The van der Waals surface area contributed by atoms with E-state index >= 15 is 0 Å². The van der Waals surface area contributed by atoms with Gasteiger partial charge in [-0.1, -0.05) is 60.1 Å². The van der Waals surface area contributed by atoms with Crippen molar-refractivity contribution in [1.82, 2.24) is 10.4 Å². The van der Waals surface area contributed by atoms with Crippen LogP contribution in [0.5, 0.6) is 11.5 Å². The topological polar surface area (TPSA) is 84.8 Å². The number of carbonyl (C=O) groups excluding carboxylic acids is 1. The first-order chi connectivity index (χ1) is 21.9. The molecule has 7 nitrogen and oxygen atoms in total. The maximum absolute atomic E-state index is 12.8. The van der Waals surface area contributed by atoms with Crippen LogP contribution in [0.25, 0.3) is 22.0 Å². The standard InChI is InChI=1S/C35H26BrClN4O3S/c1-43-32-17-27(30(36)18-33(32)44-20-22-6-7-23-4-2-3-5-26(23)16-22)19-38-41-34(42)25-10-8-24(9-11-25)31-21-45-35(40-31)39-29-14-12-28(37)13-15-29/h2-19,21H,20H2,1H3,(H,39,40)(H,41,42)/b38-19-. The van der Waals surface area contributed by atoms with Gasteiger partial charge in [-0.2, -0.15) is 5.10 Å². The number of carbonyl (C=O) groups is 1. The SMILES string of the molecule is COc1cc(/C=N\NC(=O)c2ccc(-c3csc(Nc4ccc(Cl)cc4)n3)cc2)c(Br)cc1OCc1ccc2ccccc2c1. The minimum absolute atomic E-state index is 0.334. The highest BCUT2D eigenvalue weighted by atomic mass is 79.9. The first kappa shape index (κ1) is 30.3. The van der Waals surface area contributed by atoms with E-state index in [-0.39, 0.29) is 5.91 Å². The van der Waals surface area contributed by atoms with Crippen molar-refractivity contribution in [2.45, 2.75) is 6.61 Å². The van der Waals surface area contributed by atoms with Gasteiger partial charge in [0.05, 0.1) is 19.0 Å². The van der Waals surface area contributed by atoms with Crippen LogP contribution in [-0.4, -0.2) is 24.2 Å². The number of nitrogens with one attached hydrogen (secondary N) is 2. The van der Waals surface area contributed by atoms with Gasteiger partial charge in [-0.15, -0.1) is 11.3 Å². The van der Waals surface area contributed by atoms with E-state index in [1.54, 1.807) is 31.5 Å². The molecule has 0 aliphatic heterocycles. The molecule has 224 valence electrons. The third-order valence-electron chi connectivity index (χ3n) is 6.90. The number of halogens is 2. The number of ether oxygens (including phenoxy) is 2. The van der Waals surface area contributed by atoms with Crippen LogP contribution in [0.15, 0.2) is 118 Å². The Morgan fingerprint density at radius 3 is 2.51 bits per heavy atom. The third kappa shape index (κ3) is 7.51. The van der Waals surface area contributed by atoms with Crippen LogP contribution >= 0.6 is 38.9 Å². The number of amides is 1. The van der Waals surface area contributed by atoms with Crippen molar-refractivity contribution in [3.63, 3.8) is 0 Å². The van der Waals surface area contributed by atoms with E-state index in [0.29, 0.717) is 34.3 Å². The van der Waals surface area contributed by atoms with Crippen molar-refractivity contribution in [1.29, 1.82) is 0 Å². The Morgan fingerprint density at radius 2 is 1.73 bits per heavy atom. The molecule has 0 fully saturated rings. The quantitative estimate of drug-likeness (QED) is 0.110. The zero-order valence-electron chi connectivity index (χ0n) is 24.0. The van der Waals surface area contributed by atoms with Gasteiger partial charge in [0.25, 0.3) is 5.91 Å². The van der Waals surface area contributed by atoms with Crippen LogP contribution in [0, 0.1) is 0 Å². The van der Waals surface area contributed by atoms with Gasteiger partial charge in [0.15, 0.2) is 16.6 Å². The molecule has 10 heteroatoms. The van der Waals surface area contributed by atoms with Gasteiger partial charge < -0.3 is 14.8 Å². The second kappa shape index (κ2) is 13.9. The van der Waals surface area contributed by atoms with Crippen LogP contribution in [0.2, 0.25) is 5.02 Å². The zero-order chi connectivity index (χ0) is 31.2. The Morgan fingerprint density at radius 1 is 0.956 bits per heavy atom. The van der Waals surface area contributed by atoms with Crippen LogP contribution < -0.4 is 20.2 Å². The highest BCUT2D eigenvalue weighted by Crippen LogP contribution is 2.34. The highest BCUT2D eigenvalue weighted by molar-refractivity contribution is 9.10. The van der Waals surface area contributed by atoms with E-state index in [9.17, 15) is 4.79 Å². The molecular formula is C35H26BrClN4O3S. The zero-order valence-corrected chi connectivity index (χ0v) is 27.1. The molecule has 0 saturated carbocycles.